The molecule has 0 aliphatic carbocycles. The molecule has 0 saturated carbocycles. The van der Waals surface area contributed by atoms with Crippen LogP contribution in [0, 0.1) is 0 Å². The van der Waals surface area contributed by atoms with E-state index in [0.717, 1.165) is 13.0 Å². The molecule has 7 heteroatoms. The fourth-order valence-electron chi connectivity index (χ4n) is 3.53. The molecule has 4 nitrogen and oxygen atoms in total. The van der Waals surface area contributed by atoms with E-state index < -0.39 is 12.7 Å². The number of rotatable bonds is 3. The van der Waals surface area contributed by atoms with Crippen LogP contribution in [0.1, 0.15) is 13.3 Å². The van der Waals surface area contributed by atoms with E-state index in [1.165, 1.54) is 4.90 Å². The van der Waals surface area contributed by atoms with Crippen molar-refractivity contribution in [2.24, 2.45) is 5.73 Å². The van der Waals surface area contributed by atoms with Crippen LogP contribution in [0.2, 0.25) is 0 Å². The van der Waals surface area contributed by atoms with E-state index in [0.29, 0.717) is 38.8 Å². The van der Waals surface area contributed by atoms with Crippen LogP contribution in [0.4, 0.5) is 13.2 Å². The number of hydrogen-bond donors (Lipinski definition) is 1. The molecule has 118 valence electrons. The summed E-state index contributed by atoms with van der Waals surface area (Å²) in [6.45, 7) is 5.15. The van der Waals surface area contributed by atoms with Crippen molar-refractivity contribution in [3.63, 3.8) is 0 Å². The summed E-state index contributed by atoms with van der Waals surface area (Å²) in [6, 6.07) is 0.478. The molecule has 2 rings (SSSR count). The number of nitrogens with two attached hydrogens (primary N) is 1. The molecule has 2 atom stereocenters. The topological polar surface area (TPSA) is 35.7 Å². The maximum atomic E-state index is 12.4. The van der Waals surface area contributed by atoms with Gasteiger partial charge in [-0.15, -0.1) is 0 Å². The summed E-state index contributed by atoms with van der Waals surface area (Å²) in [7, 11) is 2.09. The third-order valence-electron chi connectivity index (χ3n) is 4.80. The lowest BCUT2D eigenvalue weighted by molar-refractivity contribution is -0.150. The average Bonchev–Trinajstić information content (AvgIpc) is 2.65. The quantitative estimate of drug-likeness (QED) is 0.826. The lowest BCUT2D eigenvalue weighted by Crippen LogP contribution is -2.61. The van der Waals surface area contributed by atoms with Gasteiger partial charge in [0.1, 0.15) is 0 Å². The number of piperazine rings is 1. The van der Waals surface area contributed by atoms with Crippen molar-refractivity contribution in [2.75, 3.05) is 52.9 Å². The second-order valence-corrected chi connectivity index (χ2v) is 6.28. The molecule has 0 amide bonds. The molecule has 2 fully saturated rings. The van der Waals surface area contributed by atoms with E-state index in [4.69, 9.17) is 5.73 Å². The van der Waals surface area contributed by atoms with Gasteiger partial charge >= 0.3 is 6.18 Å². The molecule has 0 aromatic heterocycles. The normalized spacial score (nSPS) is 34.8. The zero-order valence-electron chi connectivity index (χ0n) is 12.3. The standard InChI is InChI=1S/C13H25F3N4/c1-11-7-12(8-17,9-18(11)2)20-5-3-19(4-6-20)10-13(14,15)16/h11H,3-10,17H2,1-2H3. The molecule has 2 aliphatic heterocycles. The first-order chi connectivity index (χ1) is 9.26. The highest BCUT2D eigenvalue weighted by atomic mass is 19.4. The molecular formula is C13H25F3N4. The van der Waals surface area contributed by atoms with Crippen molar-refractivity contribution in [2.45, 2.75) is 31.1 Å². The Morgan fingerprint density at radius 1 is 1.20 bits per heavy atom. The van der Waals surface area contributed by atoms with Crippen molar-refractivity contribution in [1.82, 2.24) is 14.7 Å². The Morgan fingerprint density at radius 2 is 1.80 bits per heavy atom. The van der Waals surface area contributed by atoms with Crippen LogP contribution in [-0.4, -0.2) is 85.3 Å². The highest BCUT2D eigenvalue weighted by molar-refractivity contribution is 5.03. The number of alkyl halides is 3. The lowest BCUT2D eigenvalue weighted by Gasteiger charge is -2.45. The first kappa shape index (κ1) is 16.0. The Balaban J connectivity index is 1.93. The third-order valence-corrected chi connectivity index (χ3v) is 4.80. The summed E-state index contributed by atoms with van der Waals surface area (Å²) >= 11 is 0. The molecule has 0 aromatic rings. The van der Waals surface area contributed by atoms with Gasteiger partial charge in [-0.25, -0.2) is 0 Å². The minimum absolute atomic E-state index is 0.0571. The molecule has 0 bridgehead atoms. The molecule has 2 N–H and O–H groups in total. The monoisotopic (exact) mass is 294 g/mol. The van der Waals surface area contributed by atoms with E-state index in [2.05, 4.69) is 23.8 Å². The maximum absolute atomic E-state index is 12.4. The van der Waals surface area contributed by atoms with Crippen molar-refractivity contribution < 1.29 is 13.2 Å². The number of halogens is 3. The van der Waals surface area contributed by atoms with Gasteiger partial charge in [0.25, 0.3) is 0 Å². The Morgan fingerprint density at radius 3 is 2.20 bits per heavy atom. The van der Waals surface area contributed by atoms with E-state index in [1.807, 2.05) is 0 Å². The lowest BCUT2D eigenvalue weighted by atomic mass is 9.93. The van der Waals surface area contributed by atoms with Crippen molar-refractivity contribution in [3.05, 3.63) is 0 Å². The van der Waals surface area contributed by atoms with Crippen LogP contribution < -0.4 is 5.73 Å². The average molecular weight is 294 g/mol. The van der Waals surface area contributed by atoms with Crippen LogP contribution in [0.5, 0.6) is 0 Å². The fourth-order valence-corrected chi connectivity index (χ4v) is 3.53. The summed E-state index contributed by atoms with van der Waals surface area (Å²) in [6.07, 6.45) is -3.10. The molecule has 2 heterocycles. The smallest absolute Gasteiger partial charge is 0.329 e. The van der Waals surface area contributed by atoms with Gasteiger partial charge in [-0.05, 0) is 20.4 Å². The van der Waals surface area contributed by atoms with E-state index in [9.17, 15) is 13.2 Å². The van der Waals surface area contributed by atoms with Crippen LogP contribution in [0.3, 0.4) is 0 Å². The van der Waals surface area contributed by atoms with Crippen molar-refractivity contribution in [3.8, 4) is 0 Å². The van der Waals surface area contributed by atoms with Crippen molar-refractivity contribution in [1.29, 1.82) is 0 Å². The highest BCUT2D eigenvalue weighted by Crippen LogP contribution is 2.31. The first-order valence-corrected chi connectivity index (χ1v) is 7.20. The van der Waals surface area contributed by atoms with Gasteiger partial charge < -0.3 is 10.6 Å². The number of likely N-dealkylation sites (tertiary alicyclic amines) is 1. The third kappa shape index (κ3) is 3.44. The van der Waals surface area contributed by atoms with Crippen LogP contribution in [0.15, 0.2) is 0 Å². The van der Waals surface area contributed by atoms with Gasteiger partial charge in [0.15, 0.2) is 0 Å². The highest BCUT2D eigenvalue weighted by Gasteiger charge is 2.45. The Bertz CT molecular complexity index is 316. The Labute approximate surface area is 118 Å². The predicted molar refractivity (Wildman–Crippen MR) is 72.6 cm³/mol. The Kier molecular flexibility index (Phi) is 4.63. The molecule has 2 unspecified atom stereocenters. The second kappa shape index (κ2) is 5.79. The summed E-state index contributed by atoms with van der Waals surface area (Å²) < 4.78 is 37.2. The number of likely N-dealkylation sites (N-methyl/N-ethyl adjacent to an activating group) is 1. The van der Waals surface area contributed by atoms with E-state index >= 15 is 0 Å². The maximum Gasteiger partial charge on any atom is 0.401 e. The summed E-state index contributed by atoms with van der Waals surface area (Å²) in [5, 5.41) is 0. The zero-order valence-corrected chi connectivity index (χ0v) is 12.3. The van der Waals surface area contributed by atoms with Gasteiger partial charge in [0, 0.05) is 50.8 Å². The molecule has 2 saturated heterocycles. The summed E-state index contributed by atoms with van der Waals surface area (Å²) in [5.41, 5.74) is 5.94. The van der Waals surface area contributed by atoms with Gasteiger partial charge in [-0.2, -0.15) is 13.2 Å². The minimum atomic E-state index is -4.10. The zero-order chi connectivity index (χ0) is 15.0. The van der Waals surface area contributed by atoms with Gasteiger partial charge in [-0.3, -0.25) is 9.80 Å². The van der Waals surface area contributed by atoms with Gasteiger partial charge in [-0.1, -0.05) is 0 Å². The second-order valence-electron chi connectivity index (χ2n) is 6.28. The molecule has 0 spiro atoms. The minimum Gasteiger partial charge on any atom is -0.329 e. The number of hydrogen-bond acceptors (Lipinski definition) is 4. The van der Waals surface area contributed by atoms with Crippen LogP contribution in [0.25, 0.3) is 0 Å². The van der Waals surface area contributed by atoms with E-state index in [1.54, 1.807) is 0 Å². The summed E-state index contributed by atoms with van der Waals surface area (Å²) in [5.74, 6) is 0. The summed E-state index contributed by atoms with van der Waals surface area (Å²) in [4.78, 5) is 6.08. The van der Waals surface area contributed by atoms with Gasteiger partial charge in [0.2, 0.25) is 0 Å². The van der Waals surface area contributed by atoms with Crippen molar-refractivity contribution >= 4 is 0 Å². The predicted octanol–water partition coefficient (Wildman–Crippen LogP) is 0.588. The fraction of sp³-hybridized carbons (Fsp3) is 1.00. The van der Waals surface area contributed by atoms with E-state index in [-0.39, 0.29) is 5.54 Å². The number of nitrogens with zero attached hydrogens (tertiary/aromatic N) is 3. The Hall–Kier alpha value is -0.370. The van der Waals surface area contributed by atoms with Crippen LogP contribution in [-0.2, 0) is 0 Å². The molecule has 0 aromatic carbocycles. The molecule has 2 aliphatic rings. The largest absolute Gasteiger partial charge is 0.401 e. The SMILES string of the molecule is CC1CC(CN)(N2CCN(CC(F)(F)F)CC2)CN1C. The molecular weight excluding hydrogens is 269 g/mol. The van der Waals surface area contributed by atoms with Gasteiger partial charge in [0.05, 0.1) is 6.54 Å². The molecule has 0 radical (unpaired) electrons. The molecule has 20 heavy (non-hydrogen) atoms. The van der Waals surface area contributed by atoms with Crippen LogP contribution >= 0.6 is 0 Å². The first-order valence-electron chi connectivity index (χ1n) is 7.20.